The number of hydrogen-bond donors (Lipinski definition) is 1. The first-order chi connectivity index (χ1) is 10.6. The Labute approximate surface area is 134 Å². The molecule has 6 nitrogen and oxygen atoms in total. The number of anilines is 1. The summed E-state index contributed by atoms with van der Waals surface area (Å²) in [6, 6.07) is 2.12. The molecule has 1 aliphatic rings. The molecule has 1 atom stereocenters. The molecule has 0 bridgehead atoms. The monoisotopic (exact) mass is 319 g/mol. The van der Waals surface area contributed by atoms with Crippen LogP contribution in [0.5, 0.6) is 0 Å². The van der Waals surface area contributed by atoms with E-state index in [1.807, 2.05) is 23.3 Å². The first-order valence-corrected chi connectivity index (χ1v) is 8.42. The summed E-state index contributed by atoms with van der Waals surface area (Å²) < 4.78 is 1.98. The van der Waals surface area contributed by atoms with Crippen LogP contribution in [0.15, 0.2) is 17.6 Å². The van der Waals surface area contributed by atoms with Crippen molar-refractivity contribution < 1.29 is 4.79 Å². The Morgan fingerprint density at radius 3 is 3.14 bits per heavy atom. The second-order valence-electron chi connectivity index (χ2n) is 5.78. The number of amides is 1. The van der Waals surface area contributed by atoms with Crippen LogP contribution in [0.25, 0.3) is 0 Å². The largest absolute Gasteiger partial charge is 0.302 e. The summed E-state index contributed by atoms with van der Waals surface area (Å²) in [5.74, 6) is 0.463. The summed E-state index contributed by atoms with van der Waals surface area (Å²) in [4.78, 5) is 18.0. The quantitative estimate of drug-likeness (QED) is 0.938. The third kappa shape index (κ3) is 3.53. The van der Waals surface area contributed by atoms with E-state index in [1.165, 1.54) is 36.8 Å². The maximum atomic E-state index is 11.1. The minimum absolute atomic E-state index is 0.0739. The van der Waals surface area contributed by atoms with Gasteiger partial charge in [0.05, 0.1) is 5.69 Å². The Balaban J connectivity index is 1.62. The average Bonchev–Trinajstić information content (AvgIpc) is 3.08. The molecule has 2 aromatic rings. The molecule has 1 N–H and O–H groups in total. The van der Waals surface area contributed by atoms with Crippen molar-refractivity contribution in [1.29, 1.82) is 0 Å². The van der Waals surface area contributed by atoms with Crippen LogP contribution in [0.1, 0.15) is 37.1 Å². The summed E-state index contributed by atoms with van der Waals surface area (Å²) in [5.41, 5.74) is 2.33. The number of piperidine rings is 1. The maximum absolute atomic E-state index is 11.1. The van der Waals surface area contributed by atoms with Crippen molar-refractivity contribution in [2.45, 2.75) is 32.2 Å². The number of thiazole rings is 1. The van der Waals surface area contributed by atoms with Crippen molar-refractivity contribution in [3.8, 4) is 0 Å². The summed E-state index contributed by atoms with van der Waals surface area (Å²) >= 11 is 1.48. The molecule has 118 valence electrons. The van der Waals surface area contributed by atoms with Gasteiger partial charge in [0.1, 0.15) is 0 Å². The molecule has 0 aromatic carbocycles. The highest BCUT2D eigenvalue weighted by Gasteiger charge is 2.23. The van der Waals surface area contributed by atoms with Gasteiger partial charge in [-0.25, -0.2) is 4.98 Å². The van der Waals surface area contributed by atoms with E-state index >= 15 is 0 Å². The van der Waals surface area contributed by atoms with Crippen molar-refractivity contribution in [3.63, 3.8) is 0 Å². The highest BCUT2D eigenvalue weighted by molar-refractivity contribution is 7.13. The van der Waals surface area contributed by atoms with E-state index in [2.05, 4.69) is 26.4 Å². The van der Waals surface area contributed by atoms with Gasteiger partial charge < -0.3 is 5.32 Å². The zero-order valence-electron chi connectivity index (χ0n) is 13.0. The number of carbonyl (C=O) groups excluding carboxylic acids is 1. The number of nitrogens with one attached hydrogen (secondary N) is 1. The summed E-state index contributed by atoms with van der Waals surface area (Å²) in [6.07, 6.45) is 4.27. The normalized spacial score (nSPS) is 19.3. The zero-order chi connectivity index (χ0) is 15.5. The lowest BCUT2D eigenvalue weighted by Crippen LogP contribution is -2.34. The van der Waals surface area contributed by atoms with Crippen LogP contribution >= 0.6 is 11.3 Å². The summed E-state index contributed by atoms with van der Waals surface area (Å²) in [5, 5.41) is 9.73. The second-order valence-corrected chi connectivity index (χ2v) is 6.64. The van der Waals surface area contributed by atoms with E-state index in [4.69, 9.17) is 0 Å². The minimum atomic E-state index is -0.0739. The number of aryl methyl sites for hydroxylation is 1. The summed E-state index contributed by atoms with van der Waals surface area (Å²) in [7, 11) is 2.01. The van der Waals surface area contributed by atoms with Gasteiger partial charge in [0.2, 0.25) is 5.91 Å². The summed E-state index contributed by atoms with van der Waals surface area (Å²) in [6.45, 7) is 4.47. The van der Waals surface area contributed by atoms with E-state index in [9.17, 15) is 4.79 Å². The molecule has 22 heavy (non-hydrogen) atoms. The number of rotatable bonds is 4. The third-order valence-electron chi connectivity index (χ3n) is 4.00. The van der Waals surface area contributed by atoms with Gasteiger partial charge in [-0.3, -0.25) is 14.4 Å². The number of carbonyl (C=O) groups is 1. The van der Waals surface area contributed by atoms with Crippen molar-refractivity contribution in [3.05, 3.63) is 29.0 Å². The molecule has 0 radical (unpaired) electrons. The lowest BCUT2D eigenvalue weighted by Gasteiger charge is -2.32. The van der Waals surface area contributed by atoms with Crippen LogP contribution in [-0.2, 0) is 18.4 Å². The van der Waals surface area contributed by atoms with Gasteiger partial charge in [-0.05, 0) is 25.5 Å². The van der Waals surface area contributed by atoms with Crippen molar-refractivity contribution in [2.75, 3.05) is 18.4 Å². The second kappa shape index (κ2) is 6.58. The molecule has 7 heteroatoms. The Hall–Kier alpha value is -1.73. The third-order valence-corrected chi connectivity index (χ3v) is 4.81. The predicted molar refractivity (Wildman–Crippen MR) is 86.9 cm³/mol. The van der Waals surface area contributed by atoms with E-state index in [-0.39, 0.29) is 5.91 Å². The Morgan fingerprint density at radius 1 is 1.55 bits per heavy atom. The lowest BCUT2D eigenvalue weighted by molar-refractivity contribution is -0.114. The number of hydrogen-bond acceptors (Lipinski definition) is 5. The average molecular weight is 319 g/mol. The first-order valence-electron chi connectivity index (χ1n) is 7.54. The highest BCUT2D eigenvalue weighted by atomic mass is 32.1. The topological polar surface area (TPSA) is 63.1 Å². The van der Waals surface area contributed by atoms with Gasteiger partial charge in [-0.2, -0.15) is 5.10 Å². The molecule has 1 saturated heterocycles. The fourth-order valence-electron chi connectivity index (χ4n) is 3.04. The SMILES string of the molecule is CC(=O)Nc1nc(CN2CCC[C@@H](c3ccnn3C)C2)cs1. The molecule has 1 amide bonds. The van der Waals surface area contributed by atoms with Gasteiger partial charge in [-0.15, -0.1) is 11.3 Å². The molecule has 3 heterocycles. The molecule has 1 aliphatic heterocycles. The van der Waals surface area contributed by atoms with Crippen LogP contribution in [0.2, 0.25) is 0 Å². The van der Waals surface area contributed by atoms with Crippen LogP contribution in [0.3, 0.4) is 0 Å². The molecular formula is C15H21N5OS. The smallest absolute Gasteiger partial charge is 0.223 e. The lowest BCUT2D eigenvalue weighted by atomic mass is 9.94. The molecule has 1 fully saturated rings. The fraction of sp³-hybridized carbons (Fsp3) is 0.533. The molecule has 2 aromatic heterocycles. The van der Waals surface area contributed by atoms with E-state index in [0.29, 0.717) is 11.0 Å². The molecule has 0 saturated carbocycles. The van der Waals surface area contributed by atoms with Crippen LogP contribution < -0.4 is 5.32 Å². The Kier molecular flexibility index (Phi) is 4.54. The number of likely N-dealkylation sites (tertiary alicyclic amines) is 1. The Morgan fingerprint density at radius 2 is 2.41 bits per heavy atom. The van der Waals surface area contributed by atoms with Crippen molar-refractivity contribution in [2.24, 2.45) is 7.05 Å². The van der Waals surface area contributed by atoms with Gasteiger partial charge in [-0.1, -0.05) is 0 Å². The number of nitrogens with zero attached hydrogens (tertiary/aromatic N) is 4. The van der Waals surface area contributed by atoms with Crippen molar-refractivity contribution >= 4 is 22.4 Å². The number of aromatic nitrogens is 3. The van der Waals surface area contributed by atoms with Crippen molar-refractivity contribution in [1.82, 2.24) is 19.7 Å². The molecule has 3 rings (SSSR count). The van der Waals surface area contributed by atoms with Crippen LogP contribution in [-0.4, -0.2) is 38.7 Å². The molecule has 0 spiro atoms. The fourth-order valence-corrected chi connectivity index (χ4v) is 3.79. The predicted octanol–water partition coefficient (Wildman–Crippen LogP) is 2.21. The van der Waals surface area contributed by atoms with E-state index in [1.54, 1.807) is 0 Å². The standard InChI is InChI=1S/C15H21N5OS/c1-11(21)17-15-18-13(10-22-15)9-20-7-3-4-12(8-20)14-5-6-16-19(14)2/h5-6,10,12H,3-4,7-9H2,1-2H3,(H,17,18,21)/t12-/m1/s1. The van der Waals surface area contributed by atoms with Gasteiger partial charge in [0.25, 0.3) is 0 Å². The van der Waals surface area contributed by atoms with Gasteiger partial charge >= 0.3 is 0 Å². The minimum Gasteiger partial charge on any atom is -0.302 e. The van der Waals surface area contributed by atoms with Gasteiger partial charge in [0, 0.05) is 50.2 Å². The maximum Gasteiger partial charge on any atom is 0.223 e. The van der Waals surface area contributed by atoms with E-state index in [0.717, 1.165) is 25.3 Å². The van der Waals surface area contributed by atoms with Crippen LogP contribution in [0, 0.1) is 0 Å². The molecule has 0 aliphatic carbocycles. The Bertz CT molecular complexity index is 650. The molecule has 0 unspecified atom stereocenters. The van der Waals surface area contributed by atoms with E-state index < -0.39 is 0 Å². The van der Waals surface area contributed by atoms with Gasteiger partial charge in [0.15, 0.2) is 5.13 Å². The zero-order valence-corrected chi connectivity index (χ0v) is 13.8. The van der Waals surface area contributed by atoms with Crippen LogP contribution in [0.4, 0.5) is 5.13 Å². The molecular weight excluding hydrogens is 298 g/mol. The highest BCUT2D eigenvalue weighted by Crippen LogP contribution is 2.27. The first kappa shape index (κ1) is 15.2.